The number of carboxylic acids is 1. The molecule has 0 bridgehead atoms. The normalized spacial score (nSPS) is 11.5. The van der Waals surface area contributed by atoms with Crippen molar-refractivity contribution in [1.82, 2.24) is 0 Å². The van der Waals surface area contributed by atoms with Crippen LogP contribution in [0, 0.1) is 11.8 Å². The lowest BCUT2D eigenvalue weighted by Crippen LogP contribution is -2.16. The Bertz CT molecular complexity index is 487. The van der Waals surface area contributed by atoms with Crippen molar-refractivity contribution in [3.05, 3.63) is 30.3 Å². The van der Waals surface area contributed by atoms with E-state index < -0.39 is 5.97 Å². The highest BCUT2D eigenvalue weighted by Crippen LogP contribution is 2.27. The van der Waals surface area contributed by atoms with Gasteiger partial charge in [0.2, 0.25) is 0 Å². The molecule has 1 unspecified atom stereocenters. The third kappa shape index (κ3) is 10.1. The average molecular weight is 333 g/mol. The van der Waals surface area contributed by atoms with Crippen LogP contribution in [0.2, 0.25) is 0 Å². The van der Waals surface area contributed by atoms with Gasteiger partial charge in [-0.05, 0) is 25.0 Å². The summed E-state index contributed by atoms with van der Waals surface area (Å²) in [5.41, 5.74) is 0. The molecule has 3 heteroatoms. The van der Waals surface area contributed by atoms with Gasteiger partial charge in [-0.2, -0.15) is 0 Å². The molecule has 1 rings (SSSR count). The molecule has 1 aromatic rings. The number of benzene rings is 1. The Morgan fingerprint density at radius 3 is 2.35 bits per heavy atom. The second-order valence-electron chi connectivity index (χ2n) is 5.62. The molecule has 0 heterocycles. The third-order valence-electron chi connectivity index (χ3n) is 3.62. The Labute approximate surface area is 145 Å². The number of hydrogen-bond acceptors (Lipinski definition) is 2. The van der Waals surface area contributed by atoms with Gasteiger partial charge < -0.3 is 5.11 Å². The van der Waals surface area contributed by atoms with Gasteiger partial charge in [0, 0.05) is 17.7 Å². The molecular formula is C20H28O2S. The Balaban J connectivity index is 2.11. The molecule has 1 atom stereocenters. The van der Waals surface area contributed by atoms with Gasteiger partial charge in [-0.3, -0.25) is 4.79 Å². The van der Waals surface area contributed by atoms with Crippen LogP contribution in [0.15, 0.2) is 35.2 Å². The Morgan fingerprint density at radius 2 is 1.70 bits per heavy atom. The summed E-state index contributed by atoms with van der Waals surface area (Å²) in [6.07, 6.45) is 9.69. The van der Waals surface area contributed by atoms with Crippen molar-refractivity contribution in [2.75, 3.05) is 0 Å². The number of unbranched alkanes of at least 4 members (excludes halogenated alkanes) is 6. The van der Waals surface area contributed by atoms with E-state index in [9.17, 15) is 9.90 Å². The number of rotatable bonds is 11. The van der Waals surface area contributed by atoms with Crippen molar-refractivity contribution >= 4 is 17.7 Å². The van der Waals surface area contributed by atoms with Crippen LogP contribution in [-0.2, 0) is 4.79 Å². The molecule has 0 aromatic heterocycles. The van der Waals surface area contributed by atoms with E-state index in [1.54, 1.807) is 0 Å². The molecule has 0 aliphatic heterocycles. The topological polar surface area (TPSA) is 37.3 Å². The van der Waals surface area contributed by atoms with Gasteiger partial charge in [0.15, 0.2) is 0 Å². The first-order valence-corrected chi connectivity index (χ1v) is 9.52. The molecule has 0 aliphatic rings. The van der Waals surface area contributed by atoms with Crippen molar-refractivity contribution < 1.29 is 9.90 Å². The summed E-state index contributed by atoms with van der Waals surface area (Å²) in [5.74, 6) is 5.56. The molecule has 0 saturated carbocycles. The number of aliphatic carboxylic acids is 1. The maximum absolute atomic E-state index is 11.4. The van der Waals surface area contributed by atoms with Gasteiger partial charge in [0.25, 0.3) is 0 Å². The van der Waals surface area contributed by atoms with E-state index in [0.717, 1.165) is 37.0 Å². The van der Waals surface area contributed by atoms with Crippen LogP contribution < -0.4 is 0 Å². The fourth-order valence-electron chi connectivity index (χ4n) is 2.36. The van der Waals surface area contributed by atoms with Crippen LogP contribution in [0.1, 0.15) is 64.7 Å². The van der Waals surface area contributed by atoms with Crippen LogP contribution in [0.3, 0.4) is 0 Å². The van der Waals surface area contributed by atoms with E-state index in [1.807, 2.05) is 30.3 Å². The molecule has 0 aliphatic carbocycles. The predicted octanol–water partition coefficient (Wildman–Crippen LogP) is 5.77. The molecule has 1 N–H and O–H groups in total. The minimum atomic E-state index is -0.701. The first kappa shape index (κ1) is 19.6. The van der Waals surface area contributed by atoms with Gasteiger partial charge >= 0.3 is 5.97 Å². The summed E-state index contributed by atoms with van der Waals surface area (Å²) in [4.78, 5) is 12.4. The van der Waals surface area contributed by atoms with E-state index in [4.69, 9.17) is 0 Å². The summed E-state index contributed by atoms with van der Waals surface area (Å²) in [6.45, 7) is 2.08. The lowest BCUT2D eigenvalue weighted by Gasteiger charge is -2.11. The Morgan fingerprint density at radius 1 is 1.04 bits per heavy atom. The third-order valence-corrected chi connectivity index (χ3v) is 4.88. The van der Waals surface area contributed by atoms with E-state index in [1.165, 1.54) is 37.4 Å². The minimum Gasteiger partial charge on any atom is -0.480 e. The maximum atomic E-state index is 11.4. The number of carboxylic acid groups (broad SMARTS) is 1. The Kier molecular flexibility index (Phi) is 11.2. The van der Waals surface area contributed by atoms with Crippen molar-refractivity contribution in [2.24, 2.45) is 0 Å². The molecule has 0 spiro atoms. The smallest absolute Gasteiger partial charge is 0.316 e. The van der Waals surface area contributed by atoms with Gasteiger partial charge in [-0.25, -0.2) is 0 Å². The molecule has 0 amide bonds. The zero-order chi connectivity index (χ0) is 16.8. The highest BCUT2D eigenvalue weighted by atomic mass is 32.2. The molecule has 0 fully saturated rings. The number of hydrogen-bond donors (Lipinski definition) is 1. The van der Waals surface area contributed by atoms with Crippen LogP contribution in [0.5, 0.6) is 0 Å². The Hall–Kier alpha value is -1.40. The van der Waals surface area contributed by atoms with Gasteiger partial charge in [-0.15, -0.1) is 23.6 Å². The lowest BCUT2D eigenvalue weighted by molar-refractivity contribution is -0.136. The van der Waals surface area contributed by atoms with E-state index in [0.29, 0.717) is 0 Å². The SMILES string of the molecule is CCC#CCCCCCCCCC(Sc1ccccc1)C(=O)O. The molecular weight excluding hydrogens is 304 g/mol. The van der Waals surface area contributed by atoms with Crippen molar-refractivity contribution in [2.45, 2.75) is 74.9 Å². The van der Waals surface area contributed by atoms with Crippen LogP contribution >= 0.6 is 11.8 Å². The largest absolute Gasteiger partial charge is 0.480 e. The van der Waals surface area contributed by atoms with Crippen LogP contribution in [-0.4, -0.2) is 16.3 Å². The highest BCUT2D eigenvalue weighted by Gasteiger charge is 2.18. The summed E-state index contributed by atoms with van der Waals surface area (Å²) in [6, 6.07) is 9.80. The zero-order valence-corrected chi connectivity index (χ0v) is 14.9. The maximum Gasteiger partial charge on any atom is 0.316 e. The standard InChI is InChI=1S/C20H28O2S/c1-2-3-4-5-6-7-8-9-10-14-17-19(20(21)22)23-18-15-12-11-13-16-18/h11-13,15-16,19H,2,5-10,14,17H2,1H3,(H,21,22). The minimum absolute atomic E-state index is 0.332. The predicted molar refractivity (Wildman–Crippen MR) is 98.7 cm³/mol. The first-order valence-electron chi connectivity index (χ1n) is 8.64. The average Bonchev–Trinajstić information content (AvgIpc) is 2.56. The van der Waals surface area contributed by atoms with Crippen LogP contribution in [0.25, 0.3) is 0 Å². The fourth-order valence-corrected chi connectivity index (χ4v) is 3.39. The quantitative estimate of drug-likeness (QED) is 0.318. The summed E-state index contributed by atoms with van der Waals surface area (Å²) >= 11 is 1.46. The zero-order valence-electron chi connectivity index (χ0n) is 14.1. The second-order valence-corrected chi connectivity index (χ2v) is 6.90. The van der Waals surface area contributed by atoms with Crippen molar-refractivity contribution in [3.63, 3.8) is 0 Å². The molecule has 0 saturated heterocycles. The molecule has 23 heavy (non-hydrogen) atoms. The van der Waals surface area contributed by atoms with Gasteiger partial charge in [-0.1, -0.05) is 57.2 Å². The van der Waals surface area contributed by atoms with Crippen LogP contribution in [0.4, 0.5) is 0 Å². The summed E-state index contributed by atoms with van der Waals surface area (Å²) in [7, 11) is 0. The van der Waals surface area contributed by atoms with E-state index in [2.05, 4.69) is 18.8 Å². The van der Waals surface area contributed by atoms with E-state index >= 15 is 0 Å². The monoisotopic (exact) mass is 332 g/mol. The van der Waals surface area contributed by atoms with Crippen molar-refractivity contribution in [3.8, 4) is 11.8 Å². The first-order chi connectivity index (χ1) is 11.2. The van der Waals surface area contributed by atoms with E-state index in [-0.39, 0.29) is 5.25 Å². The van der Waals surface area contributed by atoms with Gasteiger partial charge in [0.1, 0.15) is 5.25 Å². The number of carbonyl (C=O) groups is 1. The lowest BCUT2D eigenvalue weighted by atomic mass is 10.1. The van der Waals surface area contributed by atoms with Gasteiger partial charge in [0.05, 0.1) is 0 Å². The summed E-state index contributed by atoms with van der Waals surface area (Å²) < 4.78 is 0. The second kappa shape index (κ2) is 13.1. The number of thioether (sulfide) groups is 1. The molecule has 1 aromatic carbocycles. The summed E-state index contributed by atoms with van der Waals surface area (Å²) in [5, 5.41) is 9.01. The highest BCUT2D eigenvalue weighted by molar-refractivity contribution is 8.00. The fraction of sp³-hybridized carbons (Fsp3) is 0.550. The van der Waals surface area contributed by atoms with Crippen molar-refractivity contribution in [1.29, 1.82) is 0 Å². The molecule has 0 radical (unpaired) electrons. The molecule has 2 nitrogen and oxygen atoms in total. The molecule has 126 valence electrons.